The number of nitrogens with zero attached hydrogens (tertiary/aromatic N) is 1. The first-order chi connectivity index (χ1) is 9.00. The predicted molar refractivity (Wildman–Crippen MR) is 69.1 cm³/mol. The van der Waals surface area contributed by atoms with Crippen molar-refractivity contribution in [1.82, 2.24) is 4.90 Å². The summed E-state index contributed by atoms with van der Waals surface area (Å²) in [5, 5.41) is 18.9. The lowest BCUT2D eigenvalue weighted by atomic mass is 9.95. The minimum atomic E-state index is -1.12. The van der Waals surface area contributed by atoms with E-state index in [1.54, 1.807) is 12.1 Å². The Morgan fingerprint density at radius 1 is 1.26 bits per heavy atom. The minimum absolute atomic E-state index is 0.000566. The normalized spacial score (nSPS) is 23.2. The van der Waals surface area contributed by atoms with Crippen LogP contribution in [0.1, 0.15) is 34.1 Å². The van der Waals surface area contributed by atoms with Crippen LogP contribution >= 0.6 is 0 Å². The Hall–Kier alpha value is -1.88. The maximum absolute atomic E-state index is 12.3. The topological polar surface area (TPSA) is 77.8 Å². The molecular weight excluding hydrogens is 246 g/mol. The van der Waals surface area contributed by atoms with E-state index in [1.807, 2.05) is 6.92 Å². The van der Waals surface area contributed by atoms with Crippen molar-refractivity contribution in [2.75, 3.05) is 13.1 Å². The van der Waals surface area contributed by atoms with Gasteiger partial charge in [0.2, 0.25) is 0 Å². The van der Waals surface area contributed by atoms with Crippen LogP contribution in [0.25, 0.3) is 0 Å². The van der Waals surface area contributed by atoms with Gasteiger partial charge in [-0.2, -0.15) is 0 Å². The highest BCUT2D eigenvalue weighted by Gasteiger charge is 2.29. The molecule has 2 atom stereocenters. The van der Waals surface area contributed by atoms with Crippen LogP contribution in [0.4, 0.5) is 0 Å². The number of rotatable bonds is 2. The largest absolute Gasteiger partial charge is 0.478 e. The minimum Gasteiger partial charge on any atom is -0.478 e. The molecule has 0 spiro atoms. The lowest BCUT2D eigenvalue weighted by molar-refractivity contribution is 0.0247. The van der Waals surface area contributed by atoms with E-state index in [0.717, 1.165) is 6.42 Å². The predicted octanol–water partition coefficient (Wildman–Crippen LogP) is 1.23. The van der Waals surface area contributed by atoms with Gasteiger partial charge in [-0.25, -0.2) is 4.79 Å². The van der Waals surface area contributed by atoms with Crippen LogP contribution in [0.2, 0.25) is 0 Å². The third-order valence-electron chi connectivity index (χ3n) is 3.59. The number of carbonyl (C=O) groups is 2. The van der Waals surface area contributed by atoms with E-state index < -0.39 is 12.1 Å². The number of carboxylic acids is 1. The Bertz CT molecular complexity index is 500. The molecular formula is C14H17NO4. The zero-order valence-corrected chi connectivity index (χ0v) is 10.7. The fourth-order valence-electron chi connectivity index (χ4n) is 2.26. The molecule has 0 bridgehead atoms. The smallest absolute Gasteiger partial charge is 0.336 e. The summed E-state index contributed by atoms with van der Waals surface area (Å²) >= 11 is 0. The molecule has 1 heterocycles. The molecule has 1 aromatic rings. The molecule has 1 amide bonds. The van der Waals surface area contributed by atoms with Gasteiger partial charge in [0.15, 0.2) is 0 Å². The van der Waals surface area contributed by atoms with Crippen LogP contribution in [-0.2, 0) is 0 Å². The number of carbonyl (C=O) groups excluding carboxylic acids is 1. The monoisotopic (exact) mass is 263 g/mol. The highest BCUT2D eigenvalue weighted by atomic mass is 16.4. The third kappa shape index (κ3) is 2.76. The molecule has 1 saturated heterocycles. The zero-order chi connectivity index (χ0) is 14.0. The lowest BCUT2D eigenvalue weighted by Crippen LogP contribution is -2.46. The fourth-order valence-corrected chi connectivity index (χ4v) is 2.26. The highest BCUT2D eigenvalue weighted by molar-refractivity contribution is 6.04. The molecule has 0 radical (unpaired) electrons. The lowest BCUT2D eigenvalue weighted by Gasteiger charge is -2.34. The average molecular weight is 263 g/mol. The standard InChI is InChI=1S/C14H17NO4/c1-9-6-7-15(8-12(9)16)13(17)10-4-2-3-5-11(10)14(18)19/h2-5,9,12,16H,6-8H2,1H3,(H,18,19). The molecule has 1 aliphatic heterocycles. The number of likely N-dealkylation sites (tertiary alicyclic amines) is 1. The quantitative estimate of drug-likeness (QED) is 0.841. The van der Waals surface area contributed by atoms with Gasteiger partial charge >= 0.3 is 5.97 Å². The molecule has 5 nitrogen and oxygen atoms in total. The van der Waals surface area contributed by atoms with E-state index >= 15 is 0 Å². The number of aliphatic hydroxyl groups is 1. The summed E-state index contributed by atoms with van der Waals surface area (Å²) in [5.41, 5.74) is 0.178. The summed E-state index contributed by atoms with van der Waals surface area (Å²) in [6.07, 6.45) is 0.178. The summed E-state index contributed by atoms with van der Waals surface area (Å²) in [6.45, 7) is 2.75. The second-order valence-corrected chi connectivity index (χ2v) is 4.94. The van der Waals surface area contributed by atoms with Gasteiger partial charge in [0.25, 0.3) is 5.91 Å². The molecule has 0 aliphatic carbocycles. The Balaban J connectivity index is 2.23. The first kappa shape index (κ1) is 13.5. The number of carboxylic acid groups (broad SMARTS) is 1. The molecule has 1 aliphatic rings. The van der Waals surface area contributed by atoms with Gasteiger partial charge in [-0.05, 0) is 24.5 Å². The number of amides is 1. The van der Waals surface area contributed by atoms with E-state index in [9.17, 15) is 14.7 Å². The molecule has 0 aromatic heterocycles. The van der Waals surface area contributed by atoms with Crippen molar-refractivity contribution in [3.63, 3.8) is 0 Å². The van der Waals surface area contributed by atoms with Crippen LogP contribution < -0.4 is 0 Å². The third-order valence-corrected chi connectivity index (χ3v) is 3.59. The van der Waals surface area contributed by atoms with Crippen molar-refractivity contribution in [1.29, 1.82) is 0 Å². The van der Waals surface area contributed by atoms with Crippen LogP contribution in [-0.4, -0.2) is 46.2 Å². The molecule has 0 saturated carbocycles. The summed E-state index contributed by atoms with van der Waals surface area (Å²) in [7, 11) is 0. The first-order valence-electron chi connectivity index (χ1n) is 6.30. The molecule has 2 rings (SSSR count). The van der Waals surface area contributed by atoms with Crippen LogP contribution in [0, 0.1) is 5.92 Å². The molecule has 5 heteroatoms. The van der Waals surface area contributed by atoms with Crippen molar-refractivity contribution < 1.29 is 19.8 Å². The summed E-state index contributed by atoms with van der Waals surface area (Å²) in [6, 6.07) is 6.16. The maximum atomic E-state index is 12.3. The first-order valence-corrected chi connectivity index (χ1v) is 6.30. The Morgan fingerprint density at radius 3 is 2.47 bits per heavy atom. The molecule has 2 N–H and O–H groups in total. The van der Waals surface area contributed by atoms with Gasteiger partial charge < -0.3 is 15.1 Å². The Labute approximate surface area is 111 Å². The van der Waals surface area contributed by atoms with E-state index in [0.29, 0.717) is 6.54 Å². The summed E-state index contributed by atoms with van der Waals surface area (Å²) in [4.78, 5) is 25.0. The molecule has 19 heavy (non-hydrogen) atoms. The fraction of sp³-hybridized carbons (Fsp3) is 0.429. The van der Waals surface area contributed by atoms with E-state index in [2.05, 4.69) is 0 Å². The number of hydrogen-bond acceptors (Lipinski definition) is 3. The van der Waals surface area contributed by atoms with Gasteiger partial charge in [-0.15, -0.1) is 0 Å². The number of aromatic carboxylic acids is 1. The second-order valence-electron chi connectivity index (χ2n) is 4.94. The highest BCUT2D eigenvalue weighted by Crippen LogP contribution is 2.20. The van der Waals surface area contributed by atoms with E-state index in [-0.39, 0.29) is 29.5 Å². The van der Waals surface area contributed by atoms with Gasteiger partial charge in [0.05, 0.1) is 17.2 Å². The van der Waals surface area contributed by atoms with Crippen LogP contribution in [0.3, 0.4) is 0 Å². The van der Waals surface area contributed by atoms with Crippen molar-refractivity contribution in [3.05, 3.63) is 35.4 Å². The Morgan fingerprint density at radius 2 is 1.89 bits per heavy atom. The van der Waals surface area contributed by atoms with Crippen molar-refractivity contribution in [3.8, 4) is 0 Å². The van der Waals surface area contributed by atoms with E-state index in [4.69, 9.17) is 5.11 Å². The van der Waals surface area contributed by atoms with Crippen LogP contribution in [0.5, 0.6) is 0 Å². The van der Waals surface area contributed by atoms with Gasteiger partial charge in [-0.1, -0.05) is 19.1 Å². The van der Waals surface area contributed by atoms with E-state index in [1.165, 1.54) is 17.0 Å². The summed E-state index contributed by atoms with van der Waals surface area (Å²) in [5.74, 6) is -1.28. The summed E-state index contributed by atoms with van der Waals surface area (Å²) < 4.78 is 0. The number of hydrogen-bond donors (Lipinski definition) is 2. The average Bonchev–Trinajstić information content (AvgIpc) is 2.41. The maximum Gasteiger partial charge on any atom is 0.336 e. The molecule has 2 unspecified atom stereocenters. The Kier molecular flexibility index (Phi) is 3.85. The van der Waals surface area contributed by atoms with Crippen LogP contribution in [0.15, 0.2) is 24.3 Å². The zero-order valence-electron chi connectivity index (χ0n) is 10.7. The number of benzene rings is 1. The van der Waals surface area contributed by atoms with Gasteiger partial charge in [0.1, 0.15) is 0 Å². The van der Waals surface area contributed by atoms with Gasteiger partial charge in [0, 0.05) is 13.1 Å². The number of piperidine rings is 1. The SMILES string of the molecule is CC1CCN(C(=O)c2ccccc2C(=O)O)CC1O. The molecule has 1 aromatic carbocycles. The van der Waals surface area contributed by atoms with Gasteiger partial charge in [-0.3, -0.25) is 4.79 Å². The molecule has 102 valence electrons. The van der Waals surface area contributed by atoms with Crippen molar-refractivity contribution in [2.45, 2.75) is 19.4 Å². The number of aliphatic hydroxyl groups excluding tert-OH is 1. The van der Waals surface area contributed by atoms with Crippen molar-refractivity contribution >= 4 is 11.9 Å². The second kappa shape index (κ2) is 5.40. The molecule has 1 fully saturated rings. The van der Waals surface area contributed by atoms with Crippen molar-refractivity contribution in [2.24, 2.45) is 5.92 Å². The number of β-amino-alcohol motifs (C(OH)–C–C–N with tert-alkyl or cyclic N) is 1.